The number of carboxylic acid groups (broad SMARTS) is 1. The highest BCUT2D eigenvalue weighted by Gasteiger charge is 2.39. The van der Waals surface area contributed by atoms with E-state index in [4.69, 9.17) is 0 Å². The van der Waals surface area contributed by atoms with E-state index < -0.39 is 11.5 Å². The lowest BCUT2D eigenvalue weighted by atomic mass is 9.88. The third kappa shape index (κ3) is 3.19. The molecule has 16 heavy (non-hydrogen) atoms. The standard InChI is InChI=1S/C12H24N2O2/c1-10(2)9-12(3,11(15)16)14-7-4-5-13-6-8-14/h10,13H,4-9H2,1-3H3,(H,15,16). The fourth-order valence-corrected chi connectivity index (χ4v) is 2.49. The zero-order chi connectivity index (χ0) is 12.2. The zero-order valence-corrected chi connectivity index (χ0v) is 10.6. The second-order valence-electron chi connectivity index (χ2n) is 5.27. The molecule has 94 valence electrons. The molecule has 1 heterocycles. The summed E-state index contributed by atoms with van der Waals surface area (Å²) in [6, 6.07) is 0. The molecular formula is C12H24N2O2. The number of aliphatic carboxylic acids is 1. The van der Waals surface area contributed by atoms with Gasteiger partial charge in [0.1, 0.15) is 5.54 Å². The molecule has 0 saturated carbocycles. The number of nitrogens with zero attached hydrogens (tertiary/aromatic N) is 1. The first-order chi connectivity index (χ1) is 7.47. The van der Waals surface area contributed by atoms with Crippen molar-refractivity contribution in [2.24, 2.45) is 5.92 Å². The highest BCUT2D eigenvalue weighted by atomic mass is 16.4. The summed E-state index contributed by atoms with van der Waals surface area (Å²) in [5.41, 5.74) is -0.708. The van der Waals surface area contributed by atoms with Crippen LogP contribution in [0.3, 0.4) is 0 Å². The summed E-state index contributed by atoms with van der Waals surface area (Å²) in [6.45, 7) is 9.61. The fraction of sp³-hybridized carbons (Fsp3) is 0.917. The molecule has 0 bridgehead atoms. The number of carbonyl (C=O) groups is 1. The van der Waals surface area contributed by atoms with Crippen LogP contribution >= 0.6 is 0 Å². The summed E-state index contributed by atoms with van der Waals surface area (Å²) in [5, 5.41) is 12.8. The maximum absolute atomic E-state index is 11.5. The van der Waals surface area contributed by atoms with Crippen LogP contribution in [-0.4, -0.2) is 47.7 Å². The predicted molar refractivity (Wildman–Crippen MR) is 64.6 cm³/mol. The monoisotopic (exact) mass is 228 g/mol. The maximum atomic E-state index is 11.5. The third-order valence-corrected chi connectivity index (χ3v) is 3.30. The number of rotatable bonds is 4. The Balaban J connectivity index is 2.77. The van der Waals surface area contributed by atoms with Gasteiger partial charge in [-0.15, -0.1) is 0 Å². The zero-order valence-electron chi connectivity index (χ0n) is 10.6. The van der Waals surface area contributed by atoms with Gasteiger partial charge in [-0.2, -0.15) is 0 Å². The molecule has 0 aromatic rings. The molecule has 1 atom stereocenters. The van der Waals surface area contributed by atoms with E-state index in [-0.39, 0.29) is 0 Å². The summed E-state index contributed by atoms with van der Waals surface area (Å²) < 4.78 is 0. The van der Waals surface area contributed by atoms with E-state index in [0.717, 1.165) is 32.6 Å². The third-order valence-electron chi connectivity index (χ3n) is 3.30. The Labute approximate surface area is 98.0 Å². The van der Waals surface area contributed by atoms with Crippen LogP contribution in [0.4, 0.5) is 0 Å². The molecule has 1 aliphatic rings. The molecule has 4 nitrogen and oxygen atoms in total. The van der Waals surface area contributed by atoms with Crippen LogP contribution in [0.25, 0.3) is 0 Å². The van der Waals surface area contributed by atoms with Crippen molar-refractivity contribution in [1.82, 2.24) is 10.2 Å². The van der Waals surface area contributed by atoms with Crippen molar-refractivity contribution < 1.29 is 9.90 Å². The van der Waals surface area contributed by atoms with E-state index in [1.54, 1.807) is 0 Å². The highest BCUT2D eigenvalue weighted by molar-refractivity contribution is 5.78. The van der Waals surface area contributed by atoms with Crippen LogP contribution in [0.1, 0.15) is 33.6 Å². The van der Waals surface area contributed by atoms with Gasteiger partial charge in [0.15, 0.2) is 0 Å². The second kappa shape index (κ2) is 5.64. The molecule has 0 aliphatic carbocycles. The number of carboxylic acids is 1. The van der Waals surface area contributed by atoms with Gasteiger partial charge in [0.05, 0.1) is 0 Å². The lowest BCUT2D eigenvalue weighted by Crippen LogP contribution is -2.54. The molecule has 1 saturated heterocycles. The van der Waals surface area contributed by atoms with Crippen LogP contribution in [0.15, 0.2) is 0 Å². The number of hydrogen-bond acceptors (Lipinski definition) is 3. The van der Waals surface area contributed by atoms with Gasteiger partial charge >= 0.3 is 5.97 Å². The molecule has 0 spiro atoms. The van der Waals surface area contributed by atoms with Crippen LogP contribution in [0.5, 0.6) is 0 Å². The summed E-state index contributed by atoms with van der Waals surface area (Å²) in [6.07, 6.45) is 1.74. The predicted octanol–water partition coefficient (Wildman–Crippen LogP) is 1.17. The molecule has 1 unspecified atom stereocenters. The van der Waals surface area contributed by atoms with Crippen molar-refractivity contribution in [2.75, 3.05) is 26.2 Å². The minimum atomic E-state index is -0.708. The van der Waals surface area contributed by atoms with Gasteiger partial charge in [0.25, 0.3) is 0 Å². The Kier molecular flexibility index (Phi) is 4.74. The lowest BCUT2D eigenvalue weighted by Gasteiger charge is -2.38. The van der Waals surface area contributed by atoms with Crippen LogP contribution in [0, 0.1) is 5.92 Å². The van der Waals surface area contributed by atoms with Gasteiger partial charge in [-0.1, -0.05) is 13.8 Å². The lowest BCUT2D eigenvalue weighted by molar-refractivity contribution is -0.151. The first kappa shape index (κ1) is 13.5. The molecular weight excluding hydrogens is 204 g/mol. The first-order valence-corrected chi connectivity index (χ1v) is 6.16. The van der Waals surface area contributed by atoms with E-state index in [9.17, 15) is 9.90 Å². The summed E-state index contributed by atoms with van der Waals surface area (Å²) >= 11 is 0. The normalized spacial score (nSPS) is 22.8. The molecule has 1 fully saturated rings. The van der Waals surface area contributed by atoms with Gasteiger partial charge in [-0.3, -0.25) is 9.69 Å². The van der Waals surface area contributed by atoms with Crippen LogP contribution < -0.4 is 5.32 Å². The molecule has 0 amide bonds. The highest BCUT2D eigenvalue weighted by Crippen LogP contribution is 2.25. The second-order valence-corrected chi connectivity index (χ2v) is 5.27. The van der Waals surface area contributed by atoms with Crippen LogP contribution in [0.2, 0.25) is 0 Å². The molecule has 0 radical (unpaired) electrons. The van der Waals surface area contributed by atoms with Gasteiger partial charge in [0, 0.05) is 19.6 Å². The first-order valence-electron chi connectivity index (χ1n) is 6.16. The van der Waals surface area contributed by atoms with Crippen molar-refractivity contribution in [2.45, 2.75) is 39.2 Å². The van der Waals surface area contributed by atoms with Crippen molar-refractivity contribution in [3.05, 3.63) is 0 Å². The smallest absolute Gasteiger partial charge is 0.323 e. The SMILES string of the molecule is CC(C)CC(C)(C(=O)O)N1CCCNCC1. The molecule has 1 rings (SSSR count). The Morgan fingerprint density at radius 2 is 2.12 bits per heavy atom. The molecule has 0 aromatic heterocycles. The van der Waals surface area contributed by atoms with Crippen molar-refractivity contribution >= 4 is 5.97 Å². The Morgan fingerprint density at radius 1 is 1.44 bits per heavy atom. The van der Waals surface area contributed by atoms with E-state index in [0.29, 0.717) is 12.3 Å². The topological polar surface area (TPSA) is 52.6 Å². The average molecular weight is 228 g/mol. The molecule has 4 heteroatoms. The number of hydrogen-bond donors (Lipinski definition) is 2. The van der Waals surface area contributed by atoms with Crippen molar-refractivity contribution in [3.63, 3.8) is 0 Å². The maximum Gasteiger partial charge on any atom is 0.323 e. The molecule has 2 N–H and O–H groups in total. The van der Waals surface area contributed by atoms with Crippen LogP contribution in [-0.2, 0) is 4.79 Å². The van der Waals surface area contributed by atoms with Crippen molar-refractivity contribution in [3.8, 4) is 0 Å². The Bertz CT molecular complexity index is 235. The minimum absolute atomic E-state index is 0.400. The van der Waals surface area contributed by atoms with Gasteiger partial charge in [-0.25, -0.2) is 0 Å². The molecule has 0 aromatic carbocycles. The Hall–Kier alpha value is -0.610. The largest absolute Gasteiger partial charge is 0.480 e. The molecule has 1 aliphatic heterocycles. The average Bonchev–Trinajstić information content (AvgIpc) is 2.44. The van der Waals surface area contributed by atoms with Gasteiger partial charge < -0.3 is 10.4 Å². The summed E-state index contributed by atoms with van der Waals surface area (Å²) in [4.78, 5) is 13.6. The Morgan fingerprint density at radius 3 is 2.69 bits per heavy atom. The van der Waals surface area contributed by atoms with E-state index >= 15 is 0 Å². The quantitative estimate of drug-likeness (QED) is 0.758. The van der Waals surface area contributed by atoms with Crippen molar-refractivity contribution in [1.29, 1.82) is 0 Å². The van der Waals surface area contributed by atoms with E-state index in [1.165, 1.54) is 0 Å². The summed E-state index contributed by atoms with van der Waals surface area (Å²) in [7, 11) is 0. The van der Waals surface area contributed by atoms with Gasteiger partial charge in [0.2, 0.25) is 0 Å². The van der Waals surface area contributed by atoms with Gasteiger partial charge in [-0.05, 0) is 32.2 Å². The van der Waals surface area contributed by atoms with E-state index in [1.807, 2.05) is 6.92 Å². The number of nitrogens with one attached hydrogen (secondary N) is 1. The fourth-order valence-electron chi connectivity index (χ4n) is 2.49. The minimum Gasteiger partial charge on any atom is -0.480 e. The van der Waals surface area contributed by atoms with E-state index in [2.05, 4.69) is 24.1 Å². The summed E-state index contributed by atoms with van der Waals surface area (Å²) in [5.74, 6) is -0.291.